The summed E-state index contributed by atoms with van der Waals surface area (Å²) < 4.78 is 6.35. The van der Waals surface area contributed by atoms with Gasteiger partial charge in [0.2, 0.25) is 0 Å². The normalized spacial score (nSPS) is 11.4. The smallest absolute Gasteiger partial charge is 0.160 e. The molecule has 0 saturated carbocycles. The third-order valence-electron chi connectivity index (χ3n) is 10.0. The highest BCUT2D eigenvalue weighted by atomic mass is 16.3. The fourth-order valence-electron chi connectivity index (χ4n) is 7.33. The number of hydrogen-bond donors (Lipinski definition) is 0. The molecule has 248 valence electrons. The molecule has 3 nitrogen and oxygen atoms in total. The van der Waals surface area contributed by atoms with Gasteiger partial charge >= 0.3 is 0 Å². The van der Waals surface area contributed by atoms with Gasteiger partial charge < -0.3 is 4.42 Å². The molecule has 0 aliphatic carbocycles. The second kappa shape index (κ2) is 12.9. The summed E-state index contributed by atoms with van der Waals surface area (Å²) in [6, 6.07) is 68.2. The van der Waals surface area contributed by atoms with Gasteiger partial charge in [0.05, 0.1) is 11.4 Å². The van der Waals surface area contributed by atoms with E-state index in [4.69, 9.17) is 14.4 Å². The predicted octanol–water partition coefficient (Wildman–Crippen LogP) is 13.5. The zero-order chi connectivity index (χ0) is 35.1. The van der Waals surface area contributed by atoms with Gasteiger partial charge in [-0.3, -0.25) is 0 Å². The highest BCUT2D eigenvalue weighted by Crippen LogP contribution is 2.38. The third kappa shape index (κ3) is 5.85. The lowest BCUT2D eigenvalue weighted by molar-refractivity contribution is 0.669. The molecular weight excluding hydrogens is 645 g/mol. The highest BCUT2D eigenvalue weighted by Gasteiger charge is 2.15. The second-order valence-electron chi connectivity index (χ2n) is 13.4. The number of furan rings is 1. The first-order valence-corrected chi connectivity index (χ1v) is 17.9. The summed E-state index contributed by atoms with van der Waals surface area (Å²) in [5.74, 6) is 0.691. The number of nitrogens with zero attached hydrogens (tertiary/aromatic N) is 2. The zero-order valence-electron chi connectivity index (χ0n) is 28.8. The van der Waals surface area contributed by atoms with Crippen LogP contribution in [0.15, 0.2) is 199 Å². The SMILES string of the molecule is c1ccc(-c2cc(-c3cc(-c4cccc(-c5ccc6ccccc6c5)c4)cc(-c4ccc5c(c4)oc4ccccc45)c3)nc(-c3ccccc3)n2)cc1. The summed E-state index contributed by atoms with van der Waals surface area (Å²) in [6.45, 7) is 0. The maximum atomic E-state index is 6.35. The van der Waals surface area contributed by atoms with Gasteiger partial charge in [0.25, 0.3) is 0 Å². The molecule has 53 heavy (non-hydrogen) atoms. The van der Waals surface area contributed by atoms with Crippen LogP contribution in [0.2, 0.25) is 0 Å². The Bertz CT molecular complexity index is 2890. The van der Waals surface area contributed by atoms with Crippen molar-refractivity contribution >= 4 is 32.7 Å². The van der Waals surface area contributed by atoms with Gasteiger partial charge in [-0.1, -0.05) is 140 Å². The van der Waals surface area contributed by atoms with Crippen molar-refractivity contribution in [2.45, 2.75) is 0 Å². The van der Waals surface area contributed by atoms with Crippen LogP contribution in [0, 0.1) is 0 Å². The Kier molecular flexibility index (Phi) is 7.47. The summed E-state index contributed by atoms with van der Waals surface area (Å²) in [7, 11) is 0. The van der Waals surface area contributed by atoms with Gasteiger partial charge in [-0.25, -0.2) is 9.97 Å². The lowest BCUT2D eigenvalue weighted by atomic mass is 9.92. The second-order valence-corrected chi connectivity index (χ2v) is 13.4. The molecule has 8 aromatic carbocycles. The first-order valence-electron chi connectivity index (χ1n) is 17.9. The van der Waals surface area contributed by atoms with Gasteiger partial charge in [-0.2, -0.15) is 0 Å². The molecule has 0 saturated heterocycles. The molecule has 3 heteroatoms. The Hall–Kier alpha value is -7.10. The number of benzene rings is 8. The van der Waals surface area contributed by atoms with Crippen LogP contribution in [0.3, 0.4) is 0 Å². The molecule has 0 aliphatic rings. The quantitative estimate of drug-likeness (QED) is 0.176. The van der Waals surface area contributed by atoms with E-state index in [9.17, 15) is 0 Å². The van der Waals surface area contributed by atoms with E-state index in [-0.39, 0.29) is 0 Å². The van der Waals surface area contributed by atoms with E-state index in [1.807, 2.05) is 36.4 Å². The molecule has 2 aromatic heterocycles. The Labute approximate surface area is 307 Å². The average molecular weight is 677 g/mol. The Morgan fingerprint density at radius 3 is 1.60 bits per heavy atom. The molecule has 0 spiro atoms. The van der Waals surface area contributed by atoms with Crippen LogP contribution in [-0.4, -0.2) is 9.97 Å². The summed E-state index contributed by atoms with van der Waals surface area (Å²) in [5.41, 5.74) is 13.3. The fourth-order valence-corrected chi connectivity index (χ4v) is 7.33. The van der Waals surface area contributed by atoms with Crippen LogP contribution >= 0.6 is 0 Å². The van der Waals surface area contributed by atoms with Gasteiger partial charge in [-0.05, 0) is 98.8 Å². The van der Waals surface area contributed by atoms with E-state index < -0.39 is 0 Å². The van der Waals surface area contributed by atoms with E-state index in [0.29, 0.717) is 5.82 Å². The Balaban J connectivity index is 1.17. The molecule has 0 fully saturated rings. The standard InChI is InChI=1S/C50H32N2O/c1-3-13-34(14-4-1)46-32-47(52-50(51-46)35-15-5-2-6-16-35)43-29-41(38-19-11-18-37(27-38)39-23-22-33-12-7-8-17-36(33)26-39)28-42(30-43)40-24-25-45-44-20-9-10-21-48(44)53-49(45)31-40/h1-32H. The van der Waals surface area contributed by atoms with Crippen LogP contribution in [0.1, 0.15) is 0 Å². The summed E-state index contributed by atoms with van der Waals surface area (Å²) in [5, 5.41) is 4.70. The number of para-hydroxylation sites is 1. The summed E-state index contributed by atoms with van der Waals surface area (Å²) in [6.07, 6.45) is 0. The van der Waals surface area contributed by atoms with E-state index in [2.05, 4.69) is 158 Å². The maximum Gasteiger partial charge on any atom is 0.160 e. The molecule has 0 bridgehead atoms. The molecule has 0 unspecified atom stereocenters. The minimum absolute atomic E-state index is 0.691. The van der Waals surface area contributed by atoms with Gasteiger partial charge in [-0.15, -0.1) is 0 Å². The van der Waals surface area contributed by atoms with Gasteiger partial charge in [0.15, 0.2) is 5.82 Å². The van der Waals surface area contributed by atoms with Crippen molar-refractivity contribution in [3.8, 4) is 67.3 Å². The van der Waals surface area contributed by atoms with Crippen molar-refractivity contribution in [1.29, 1.82) is 0 Å². The van der Waals surface area contributed by atoms with Gasteiger partial charge in [0.1, 0.15) is 11.2 Å². The number of rotatable bonds is 6. The lowest BCUT2D eigenvalue weighted by Crippen LogP contribution is -1.96. The Morgan fingerprint density at radius 1 is 0.283 bits per heavy atom. The molecule has 0 N–H and O–H groups in total. The fraction of sp³-hybridized carbons (Fsp3) is 0. The first kappa shape index (κ1) is 30.7. The average Bonchev–Trinajstić information content (AvgIpc) is 3.62. The van der Waals surface area contributed by atoms with Crippen molar-refractivity contribution in [2.75, 3.05) is 0 Å². The molecule has 0 radical (unpaired) electrons. The predicted molar refractivity (Wildman–Crippen MR) is 219 cm³/mol. The van der Waals surface area contributed by atoms with Crippen LogP contribution in [0.5, 0.6) is 0 Å². The highest BCUT2D eigenvalue weighted by molar-refractivity contribution is 6.06. The number of hydrogen-bond acceptors (Lipinski definition) is 3. The minimum atomic E-state index is 0.691. The number of fused-ring (bicyclic) bond motifs is 4. The van der Waals surface area contributed by atoms with Crippen LogP contribution in [0.4, 0.5) is 0 Å². The Morgan fingerprint density at radius 2 is 0.811 bits per heavy atom. The van der Waals surface area contributed by atoms with Gasteiger partial charge in [0, 0.05) is 27.5 Å². The molecule has 10 rings (SSSR count). The van der Waals surface area contributed by atoms with Crippen molar-refractivity contribution < 1.29 is 4.42 Å². The van der Waals surface area contributed by atoms with E-state index in [1.165, 1.54) is 21.9 Å². The maximum absolute atomic E-state index is 6.35. The largest absolute Gasteiger partial charge is 0.456 e. The molecule has 0 amide bonds. The third-order valence-corrected chi connectivity index (χ3v) is 10.0. The van der Waals surface area contributed by atoms with Crippen molar-refractivity contribution in [3.63, 3.8) is 0 Å². The zero-order valence-corrected chi connectivity index (χ0v) is 28.8. The van der Waals surface area contributed by atoms with E-state index >= 15 is 0 Å². The molecule has 0 atom stereocenters. The number of aromatic nitrogens is 2. The topological polar surface area (TPSA) is 38.9 Å². The van der Waals surface area contributed by atoms with E-state index in [0.717, 1.165) is 72.3 Å². The van der Waals surface area contributed by atoms with Crippen LogP contribution < -0.4 is 0 Å². The van der Waals surface area contributed by atoms with Crippen molar-refractivity contribution in [1.82, 2.24) is 9.97 Å². The molecule has 2 heterocycles. The lowest BCUT2D eigenvalue weighted by Gasteiger charge is -2.14. The monoisotopic (exact) mass is 676 g/mol. The molecular formula is C50H32N2O. The van der Waals surface area contributed by atoms with Crippen LogP contribution in [-0.2, 0) is 0 Å². The van der Waals surface area contributed by atoms with Crippen LogP contribution in [0.25, 0.3) is 100.0 Å². The van der Waals surface area contributed by atoms with Crippen molar-refractivity contribution in [3.05, 3.63) is 194 Å². The minimum Gasteiger partial charge on any atom is -0.456 e. The van der Waals surface area contributed by atoms with E-state index in [1.54, 1.807) is 0 Å². The first-order chi connectivity index (χ1) is 26.2. The molecule has 10 aromatic rings. The summed E-state index contributed by atoms with van der Waals surface area (Å²) in [4.78, 5) is 10.3. The molecule has 0 aliphatic heterocycles. The summed E-state index contributed by atoms with van der Waals surface area (Å²) >= 11 is 0. The van der Waals surface area contributed by atoms with Crippen molar-refractivity contribution in [2.24, 2.45) is 0 Å².